The van der Waals surface area contributed by atoms with Gasteiger partial charge in [-0.3, -0.25) is 14.4 Å². The van der Waals surface area contributed by atoms with Crippen molar-refractivity contribution >= 4 is 17.5 Å². The summed E-state index contributed by atoms with van der Waals surface area (Å²) < 4.78 is 6.25. The van der Waals surface area contributed by atoms with Gasteiger partial charge in [0.1, 0.15) is 23.2 Å². The highest BCUT2D eigenvalue weighted by atomic mass is 16.5. The summed E-state index contributed by atoms with van der Waals surface area (Å²) in [6.07, 6.45) is 11.5. The van der Waals surface area contributed by atoms with Crippen LogP contribution in [0.15, 0.2) is 53.0 Å². The van der Waals surface area contributed by atoms with Crippen LogP contribution < -0.4 is 0 Å². The average Bonchev–Trinajstić information content (AvgIpc) is 2.95. The molecule has 0 amide bonds. The summed E-state index contributed by atoms with van der Waals surface area (Å²) in [4.78, 5) is 40.4. The minimum atomic E-state index is -1.25. The lowest BCUT2D eigenvalue weighted by Gasteiger charge is -2.43. The number of carbonyl (C=O) groups excluding carboxylic acids is 2. The van der Waals surface area contributed by atoms with E-state index in [1.165, 1.54) is 25.7 Å². The molecule has 226 valence electrons. The second-order valence-electron chi connectivity index (χ2n) is 12.1. The highest BCUT2D eigenvalue weighted by Gasteiger charge is 2.54. The van der Waals surface area contributed by atoms with Gasteiger partial charge in [0.15, 0.2) is 11.6 Å². The molecule has 0 aromatic heterocycles. The van der Waals surface area contributed by atoms with E-state index >= 15 is 0 Å². The first-order valence-electron chi connectivity index (χ1n) is 15.9. The summed E-state index contributed by atoms with van der Waals surface area (Å²) in [5, 5.41) is 22.2. The number of aliphatic carboxylic acids is 1. The number of ether oxygens (including phenoxy) is 1. The Morgan fingerprint density at radius 1 is 0.878 bits per heavy atom. The molecule has 0 fully saturated rings. The van der Waals surface area contributed by atoms with Gasteiger partial charge >= 0.3 is 5.97 Å². The fraction of sp³-hybridized carbons (Fsp3) is 0.629. The van der Waals surface area contributed by atoms with E-state index in [4.69, 9.17) is 4.74 Å². The van der Waals surface area contributed by atoms with Crippen LogP contribution in [0.3, 0.4) is 0 Å². The Bertz CT molecular complexity index is 1120. The monoisotopic (exact) mass is 566 g/mol. The van der Waals surface area contributed by atoms with Gasteiger partial charge in [-0.05, 0) is 25.3 Å². The van der Waals surface area contributed by atoms with Gasteiger partial charge in [-0.2, -0.15) is 0 Å². The molecule has 3 rings (SSSR count). The van der Waals surface area contributed by atoms with Crippen molar-refractivity contribution in [2.24, 2.45) is 11.3 Å². The third-order valence-electron chi connectivity index (χ3n) is 9.10. The molecule has 1 aromatic carbocycles. The van der Waals surface area contributed by atoms with Crippen LogP contribution in [-0.4, -0.2) is 33.9 Å². The Kier molecular flexibility index (Phi) is 12.2. The number of carbonyl (C=O) groups is 3. The van der Waals surface area contributed by atoms with E-state index in [0.29, 0.717) is 24.0 Å². The largest absolute Gasteiger partial charge is 0.511 e. The van der Waals surface area contributed by atoms with Gasteiger partial charge in [-0.1, -0.05) is 122 Å². The van der Waals surface area contributed by atoms with Crippen LogP contribution in [0.1, 0.15) is 129 Å². The number of hydrogen-bond acceptors (Lipinski definition) is 5. The van der Waals surface area contributed by atoms with E-state index in [-0.39, 0.29) is 35.1 Å². The van der Waals surface area contributed by atoms with Crippen molar-refractivity contribution in [3.8, 4) is 0 Å². The first-order chi connectivity index (χ1) is 19.7. The molecule has 1 aromatic rings. The van der Waals surface area contributed by atoms with Crippen molar-refractivity contribution in [1.82, 2.24) is 0 Å². The molecule has 2 aliphatic rings. The molecular weight excluding hydrogens is 516 g/mol. The topological polar surface area (TPSA) is 101 Å². The lowest BCUT2D eigenvalue weighted by atomic mass is 9.63. The van der Waals surface area contributed by atoms with Crippen molar-refractivity contribution in [3.05, 3.63) is 58.6 Å². The Morgan fingerprint density at radius 2 is 1.41 bits per heavy atom. The lowest BCUT2D eigenvalue weighted by Crippen LogP contribution is -2.47. The van der Waals surface area contributed by atoms with Crippen LogP contribution >= 0.6 is 0 Å². The Balaban J connectivity index is 2.11. The van der Waals surface area contributed by atoms with Crippen LogP contribution in [-0.2, 0) is 19.1 Å². The van der Waals surface area contributed by atoms with Crippen molar-refractivity contribution in [2.45, 2.75) is 130 Å². The van der Waals surface area contributed by atoms with Gasteiger partial charge in [0.25, 0.3) is 0 Å². The zero-order valence-corrected chi connectivity index (χ0v) is 25.5. The summed E-state index contributed by atoms with van der Waals surface area (Å²) in [7, 11) is 0. The molecule has 0 spiro atoms. The minimum absolute atomic E-state index is 0.0192. The number of Topliss-reactive ketones (excluding diaryl/α,β-unsaturated/α-hetero) is 2. The number of aliphatic hydroxyl groups is 1. The van der Waals surface area contributed by atoms with Gasteiger partial charge in [-0.25, -0.2) is 0 Å². The molecule has 1 aliphatic carbocycles. The van der Waals surface area contributed by atoms with Gasteiger partial charge < -0.3 is 14.9 Å². The smallest absolute Gasteiger partial charge is 0.304 e. The predicted molar refractivity (Wildman–Crippen MR) is 162 cm³/mol. The number of benzene rings is 1. The molecule has 6 heteroatoms. The van der Waals surface area contributed by atoms with Crippen LogP contribution in [0.4, 0.5) is 0 Å². The maximum Gasteiger partial charge on any atom is 0.304 e. The fourth-order valence-corrected chi connectivity index (χ4v) is 6.42. The molecule has 2 N–H and O–H groups in total. The first-order valence-corrected chi connectivity index (χ1v) is 15.9. The first kappa shape index (κ1) is 32.6. The van der Waals surface area contributed by atoms with Crippen LogP contribution in [0.5, 0.6) is 0 Å². The van der Waals surface area contributed by atoms with Crippen LogP contribution in [0, 0.1) is 11.3 Å². The third kappa shape index (κ3) is 7.50. The van der Waals surface area contributed by atoms with E-state index in [1.807, 2.05) is 30.3 Å². The van der Waals surface area contributed by atoms with Crippen molar-refractivity contribution < 1.29 is 29.3 Å². The van der Waals surface area contributed by atoms with Gasteiger partial charge in [0, 0.05) is 11.5 Å². The molecule has 0 saturated heterocycles. The Hall–Kier alpha value is -2.89. The number of hydrogen-bond donors (Lipinski definition) is 2. The summed E-state index contributed by atoms with van der Waals surface area (Å²) in [6.45, 7) is 7.85. The van der Waals surface area contributed by atoms with Gasteiger partial charge in [-0.15, -0.1) is 0 Å². The highest BCUT2D eigenvalue weighted by Crippen LogP contribution is 2.53. The average molecular weight is 567 g/mol. The van der Waals surface area contributed by atoms with Crippen molar-refractivity contribution in [3.63, 3.8) is 0 Å². The molecule has 4 unspecified atom stereocenters. The molecule has 6 nitrogen and oxygen atoms in total. The van der Waals surface area contributed by atoms with E-state index in [9.17, 15) is 24.6 Å². The van der Waals surface area contributed by atoms with E-state index < -0.39 is 29.3 Å². The number of aliphatic hydroxyl groups excluding tert-OH is 1. The molecule has 4 atom stereocenters. The quantitative estimate of drug-likeness (QED) is 0.145. The second-order valence-corrected chi connectivity index (χ2v) is 12.1. The van der Waals surface area contributed by atoms with E-state index in [2.05, 4.69) is 13.8 Å². The highest BCUT2D eigenvalue weighted by molar-refractivity contribution is 6.25. The zero-order valence-electron chi connectivity index (χ0n) is 25.5. The Morgan fingerprint density at radius 3 is 2.00 bits per heavy atom. The number of allylic oxidation sites excluding steroid dienone is 3. The van der Waals surface area contributed by atoms with Crippen molar-refractivity contribution in [2.75, 3.05) is 0 Å². The summed E-state index contributed by atoms with van der Waals surface area (Å²) in [5.74, 6) is -2.92. The molecular formula is C35H50O6. The second kappa shape index (κ2) is 15.4. The molecule has 0 radical (unpaired) electrons. The molecule has 0 bridgehead atoms. The minimum Gasteiger partial charge on any atom is -0.511 e. The summed E-state index contributed by atoms with van der Waals surface area (Å²) in [5.41, 5.74) is -0.229. The zero-order chi connectivity index (χ0) is 30.0. The SMILES string of the molecule is CCCCCCCCCCC1(CCCCC)C(=O)C2=C(OC(C)C(C)C2=O)C(C(CC(=O)O)c2ccccc2)=C1O. The predicted octanol–water partition coefficient (Wildman–Crippen LogP) is 8.62. The number of carboxylic acids is 1. The standard InChI is InChI=1S/C35H50O6/c1-5-7-9-10-11-12-13-18-22-35(21-17-8-6-2)33(39)29(27(23-28(36)37)26-19-15-14-16-20-26)32-30(34(35)40)31(38)24(3)25(4)41-32/h14-16,19-20,24-25,27,39H,5-13,17-18,21-23H2,1-4H3,(H,36,37). The van der Waals surface area contributed by atoms with Crippen molar-refractivity contribution in [1.29, 1.82) is 0 Å². The van der Waals surface area contributed by atoms with Gasteiger partial charge in [0.2, 0.25) is 0 Å². The Labute approximate surface area is 246 Å². The third-order valence-corrected chi connectivity index (χ3v) is 9.10. The number of rotatable bonds is 17. The van der Waals surface area contributed by atoms with E-state index in [1.54, 1.807) is 13.8 Å². The summed E-state index contributed by atoms with van der Waals surface area (Å²) in [6, 6.07) is 9.18. The van der Waals surface area contributed by atoms with Crippen LogP contribution in [0.2, 0.25) is 0 Å². The molecule has 0 saturated carbocycles. The maximum absolute atomic E-state index is 14.4. The van der Waals surface area contributed by atoms with E-state index in [0.717, 1.165) is 44.9 Å². The number of carboxylic acid groups (broad SMARTS) is 1. The lowest BCUT2D eigenvalue weighted by molar-refractivity contribution is -0.137. The summed E-state index contributed by atoms with van der Waals surface area (Å²) >= 11 is 0. The van der Waals surface area contributed by atoms with Crippen LogP contribution in [0.25, 0.3) is 0 Å². The normalized spacial score (nSPS) is 23.4. The number of ketones is 2. The molecule has 41 heavy (non-hydrogen) atoms. The molecule has 1 heterocycles. The molecule has 1 aliphatic heterocycles. The maximum atomic E-state index is 14.4. The number of unbranched alkanes of at least 4 members (excludes halogenated alkanes) is 9. The van der Waals surface area contributed by atoms with Gasteiger partial charge in [0.05, 0.1) is 17.8 Å². The fourth-order valence-electron chi connectivity index (χ4n) is 6.42.